The van der Waals surface area contributed by atoms with E-state index in [9.17, 15) is 9.90 Å². The molecule has 1 aromatic carbocycles. The van der Waals surface area contributed by atoms with Gasteiger partial charge in [-0.1, -0.05) is 24.3 Å². The lowest BCUT2D eigenvalue weighted by Crippen LogP contribution is -2.29. The molecule has 0 saturated carbocycles. The van der Waals surface area contributed by atoms with Gasteiger partial charge in [0.15, 0.2) is 0 Å². The first-order chi connectivity index (χ1) is 9.68. The molecule has 2 heterocycles. The average molecular weight is 286 g/mol. The van der Waals surface area contributed by atoms with Crippen LogP contribution >= 0.6 is 11.3 Å². The molecule has 0 saturated heterocycles. The number of hydrogen-bond donors (Lipinski definition) is 1. The highest BCUT2D eigenvalue weighted by atomic mass is 32.1. The third-order valence-corrected chi connectivity index (χ3v) is 4.36. The van der Waals surface area contributed by atoms with Gasteiger partial charge in [0.1, 0.15) is 12.0 Å². The first kappa shape index (κ1) is 12.9. The number of anilines is 1. The monoisotopic (exact) mass is 286 g/mol. The smallest absolute Gasteiger partial charge is 0.314 e. The summed E-state index contributed by atoms with van der Waals surface area (Å²) < 4.78 is 0. The molecule has 1 aromatic heterocycles. The molecule has 4 nitrogen and oxygen atoms in total. The zero-order valence-corrected chi connectivity index (χ0v) is 11.7. The summed E-state index contributed by atoms with van der Waals surface area (Å²) in [5.41, 5.74) is 1.55. The Morgan fingerprint density at radius 3 is 2.60 bits per heavy atom. The predicted octanol–water partition coefficient (Wildman–Crippen LogP) is 3.39. The van der Waals surface area contributed by atoms with E-state index in [2.05, 4.69) is 5.10 Å². The molecule has 0 radical (unpaired) electrons. The Balaban J connectivity index is 2.07. The van der Waals surface area contributed by atoms with Crippen molar-refractivity contribution in [3.05, 3.63) is 52.7 Å². The molecule has 2 unspecified atom stereocenters. The Bertz CT molecular complexity index is 637. The fourth-order valence-corrected chi connectivity index (χ4v) is 3.37. The molecular weight excluding hydrogens is 272 g/mol. The van der Waals surface area contributed by atoms with Crippen LogP contribution in [0.15, 0.2) is 52.9 Å². The number of rotatable bonds is 3. The van der Waals surface area contributed by atoms with E-state index < -0.39 is 11.9 Å². The molecule has 2 aromatic rings. The zero-order valence-electron chi connectivity index (χ0n) is 10.9. The van der Waals surface area contributed by atoms with Gasteiger partial charge in [-0.3, -0.25) is 9.80 Å². The molecule has 1 N–H and O–H groups in total. The van der Waals surface area contributed by atoms with Gasteiger partial charge in [-0.15, -0.1) is 11.3 Å². The third kappa shape index (κ3) is 2.10. The van der Waals surface area contributed by atoms with Gasteiger partial charge in [0.2, 0.25) is 0 Å². The van der Waals surface area contributed by atoms with Gasteiger partial charge >= 0.3 is 5.97 Å². The first-order valence-corrected chi connectivity index (χ1v) is 7.22. The molecule has 0 aliphatic carbocycles. The summed E-state index contributed by atoms with van der Waals surface area (Å²) in [6.07, 6.45) is 0. The minimum atomic E-state index is -0.830. The summed E-state index contributed by atoms with van der Waals surface area (Å²) in [4.78, 5) is 12.6. The summed E-state index contributed by atoms with van der Waals surface area (Å²) in [5.74, 6) is -1.43. The Morgan fingerprint density at radius 2 is 2.00 bits per heavy atom. The number of hydrogen-bond acceptors (Lipinski definition) is 4. The van der Waals surface area contributed by atoms with Gasteiger partial charge in [0, 0.05) is 4.88 Å². The van der Waals surface area contributed by atoms with Crippen LogP contribution in [0.2, 0.25) is 0 Å². The molecule has 1 aliphatic heterocycles. The van der Waals surface area contributed by atoms with Crippen molar-refractivity contribution in [3.8, 4) is 0 Å². The standard InChI is InChI=1S/C15H14N2O2S/c1-10-13(15(18)19)14(12-8-5-9-20-12)17(16-10)11-6-3-2-4-7-11/h2-9,13-14H,1H3,(H,18,19). The maximum Gasteiger partial charge on any atom is 0.314 e. The highest BCUT2D eigenvalue weighted by Gasteiger charge is 2.42. The van der Waals surface area contributed by atoms with Crippen molar-refractivity contribution in [2.24, 2.45) is 11.0 Å². The van der Waals surface area contributed by atoms with Crippen molar-refractivity contribution < 1.29 is 9.90 Å². The second kappa shape index (κ2) is 5.09. The van der Waals surface area contributed by atoms with E-state index in [4.69, 9.17) is 0 Å². The summed E-state index contributed by atoms with van der Waals surface area (Å²) in [7, 11) is 0. The minimum Gasteiger partial charge on any atom is -0.481 e. The molecule has 0 spiro atoms. The lowest BCUT2D eigenvalue weighted by Gasteiger charge is -2.25. The quantitative estimate of drug-likeness (QED) is 0.941. The van der Waals surface area contributed by atoms with Crippen LogP contribution in [0.25, 0.3) is 0 Å². The number of hydrazone groups is 1. The lowest BCUT2D eigenvalue weighted by molar-refractivity contribution is -0.139. The number of para-hydroxylation sites is 1. The molecule has 20 heavy (non-hydrogen) atoms. The molecule has 0 fully saturated rings. The predicted molar refractivity (Wildman–Crippen MR) is 80.2 cm³/mol. The molecule has 5 heteroatoms. The van der Waals surface area contributed by atoms with Crippen LogP contribution in [0, 0.1) is 5.92 Å². The van der Waals surface area contributed by atoms with Crippen molar-refractivity contribution >= 4 is 28.7 Å². The summed E-state index contributed by atoms with van der Waals surface area (Å²) in [5, 5.41) is 17.8. The zero-order chi connectivity index (χ0) is 14.1. The van der Waals surface area contributed by atoms with E-state index in [1.165, 1.54) is 0 Å². The molecular formula is C15H14N2O2S. The van der Waals surface area contributed by atoms with Gasteiger partial charge < -0.3 is 5.11 Å². The number of carboxylic acid groups (broad SMARTS) is 1. The van der Waals surface area contributed by atoms with Crippen molar-refractivity contribution in [2.75, 3.05) is 5.01 Å². The maximum atomic E-state index is 11.6. The number of carboxylic acids is 1. The minimum absolute atomic E-state index is 0.269. The van der Waals surface area contributed by atoms with E-state index in [1.807, 2.05) is 52.9 Å². The van der Waals surface area contributed by atoms with Crippen LogP contribution in [0.5, 0.6) is 0 Å². The molecule has 0 amide bonds. The van der Waals surface area contributed by atoms with Crippen LogP contribution in [0.4, 0.5) is 5.69 Å². The lowest BCUT2D eigenvalue weighted by atomic mass is 9.95. The Labute approximate surface area is 121 Å². The van der Waals surface area contributed by atoms with E-state index in [0.717, 1.165) is 10.6 Å². The van der Waals surface area contributed by atoms with E-state index in [-0.39, 0.29) is 6.04 Å². The molecule has 2 atom stereocenters. The fourth-order valence-electron chi connectivity index (χ4n) is 2.52. The normalized spacial score (nSPS) is 21.9. The third-order valence-electron chi connectivity index (χ3n) is 3.42. The molecule has 1 aliphatic rings. The number of benzene rings is 1. The van der Waals surface area contributed by atoms with Gasteiger partial charge in [-0.25, -0.2) is 0 Å². The van der Waals surface area contributed by atoms with Gasteiger partial charge in [-0.2, -0.15) is 5.10 Å². The van der Waals surface area contributed by atoms with Crippen LogP contribution in [0.3, 0.4) is 0 Å². The van der Waals surface area contributed by atoms with E-state index >= 15 is 0 Å². The van der Waals surface area contributed by atoms with Gasteiger partial charge in [0.05, 0.1) is 11.4 Å². The van der Waals surface area contributed by atoms with Crippen LogP contribution in [-0.4, -0.2) is 16.8 Å². The second-order valence-corrected chi connectivity index (χ2v) is 5.68. The van der Waals surface area contributed by atoms with Crippen LogP contribution in [-0.2, 0) is 4.79 Å². The first-order valence-electron chi connectivity index (χ1n) is 6.34. The van der Waals surface area contributed by atoms with Gasteiger partial charge in [-0.05, 0) is 30.5 Å². The fraction of sp³-hybridized carbons (Fsp3) is 0.200. The SMILES string of the molecule is CC1=NN(c2ccccc2)C(c2cccs2)C1C(=O)O. The second-order valence-electron chi connectivity index (χ2n) is 4.70. The number of nitrogens with zero attached hydrogens (tertiary/aromatic N) is 2. The molecule has 102 valence electrons. The Hall–Kier alpha value is -2.14. The highest BCUT2D eigenvalue weighted by Crippen LogP contribution is 2.40. The van der Waals surface area contributed by atoms with Crippen LogP contribution in [0.1, 0.15) is 17.8 Å². The summed E-state index contributed by atoms with van der Waals surface area (Å²) in [6.45, 7) is 1.78. The molecule has 3 rings (SSSR count). The maximum absolute atomic E-state index is 11.6. The van der Waals surface area contributed by atoms with Crippen molar-refractivity contribution in [1.29, 1.82) is 0 Å². The van der Waals surface area contributed by atoms with Crippen molar-refractivity contribution in [3.63, 3.8) is 0 Å². The van der Waals surface area contributed by atoms with Gasteiger partial charge in [0.25, 0.3) is 0 Å². The summed E-state index contributed by atoms with van der Waals surface area (Å²) in [6, 6.07) is 13.3. The van der Waals surface area contributed by atoms with E-state index in [1.54, 1.807) is 18.3 Å². The Morgan fingerprint density at radius 1 is 1.25 bits per heavy atom. The van der Waals surface area contributed by atoms with Crippen molar-refractivity contribution in [2.45, 2.75) is 13.0 Å². The van der Waals surface area contributed by atoms with Crippen molar-refractivity contribution in [1.82, 2.24) is 0 Å². The number of aliphatic carboxylic acids is 1. The van der Waals surface area contributed by atoms with Crippen LogP contribution < -0.4 is 5.01 Å². The van der Waals surface area contributed by atoms with E-state index in [0.29, 0.717) is 5.71 Å². The Kier molecular flexibility index (Phi) is 3.28. The number of thiophene rings is 1. The topological polar surface area (TPSA) is 52.9 Å². The largest absolute Gasteiger partial charge is 0.481 e. The average Bonchev–Trinajstić information content (AvgIpc) is 3.06. The number of carbonyl (C=O) groups is 1. The molecule has 0 bridgehead atoms. The highest BCUT2D eigenvalue weighted by molar-refractivity contribution is 7.10. The summed E-state index contributed by atoms with van der Waals surface area (Å²) >= 11 is 1.56.